The van der Waals surface area contributed by atoms with E-state index < -0.39 is 0 Å². The second kappa shape index (κ2) is 6.24. The van der Waals surface area contributed by atoms with Gasteiger partial charge in [0.05, 0.1) is 0 Å². The van der Waals surface area contributed by atoms with Gasteiger partial charge < -0.3 is 10.1 Å². The maximum Gasteiger partial charge on any atom is 0.122 e. The van der Waals surface area contributed by atoms with Gasteiger partial charge in [0, 0.05) is 12.1 Å². The summed E-state index contributed by atoms with van der Waals surface area (Å²) in [5.74, 6) is 1.02. The van der Waals surface area contributed by atoms with Gasteiger partial charge in [0.1, 0.15) is 12.4 Å². The number of aryl methyl sites for hydroxylation is 2. The van der Waals surface area contributed by atoms with Gasteiger partial charge in [-0.2, -0.15) is 0 Å². The van der Waals surface area contributed by atoms with Gasteiger partial charge in [-0.25, -0.2) is 0 Å². The maximum absolute atomic E-state index is 5.88. The Kier molecular flexibility index (Phi) is 5.21. The van der Waals surface area contributed by atoms with E-state index in [-0.39, 0.29) is 5.54 Å². The predicted octanol–water partition coefficient (Wildman–Crippen LogP) is 3.77. The van der Waals surface area contributed by atoms with Gasteiger partial charge in [-0.3, -0.25) is 0 Å². The van der Waals surface area contributed by atoms with Crippen molar-refractivity contribution in [1.29, 1.82) is 0 Å². The fourth-order valence-corrected chi connectivity index (χ4v) is 1.83. The molecule has 0 atom stereocenters. The molecular formula is C16H27NO. The lowest BCUT2D eigenvalue weighted by molar-refractivity contribution is 0.279. The second-order valence-electron chi connectivity index (χ2n) is 5.72. The van der Waals surface area contributed by atoms with Crippen LogP contribution in [0.3, 0.4) is 0 Å². The summed E-state index contributed by atoms with van der Waals surface area (Å²) in [5.41, 5.74) is 4.00. The van der Waals surface area contributed by atoms with E-state index >= 15 is 0 Å². The Morgan fingerprint density at radius 2 is 1.83 bits per heavy atom. The minimum Gasteiger partial charge on any atom is -0.492 e. The third-order valence-corrected chi connectivity index (χ3v) is 3.61. The van der Waals surface area contributed by atoms with Crippen LogP contribution in [0.1, 0.15) is 43.9 Å². The molecule has 0 unspecified atom stereocenters. The van der Waals surface area contributed by atoms with Gasteiger partial charge in [-0.1, -0.05) is 13.0 Å². The summed E-state index contributed by atoms with van der Waals surface area (Å²) < 4.78 is 5.88. The van der Waals surface area contributed by atoms with Gasteiger partial charge in [-0.05, 0) is 63.8 Å². The van der Waals surface area contributed by atoms with Crippen molar-refractivity contribution in [3.05, 3.63) is 28.8 Å². The van der Waals surface area contributed by atoms with Crippen molar-refractivity contribution < 1.29 is 4.74 Å². The van der Waals surface area contributed by atoms with Gasteiger partial charge in [0.25, 0.3) is 0 Å². The van der Waals surface area contributed by atoms with Gasteiger partial charge in [0.15, 0.2) is 0 Å². The molecule has 102 valence electrons. The summed E-state index contributed by atoms with van der Waals surface area (Å²) in [5, 5.41) is 3.50. The molecule has 0 aliphatic heterocycles. The minimum atomic E-state index is 0.195. The number of nitrogens with one attached hydrogen (secondary N) is 1. The smallest absolute Gasteiger partial charge is 0.122 e. The van der Waals surface area contributed by atoms with E-state index in [1.807, 2.05) is 0 Å². The molecule has 0 aromatic heterocycles. The first-order chi connectivity index (χ1) is 8.35. The largest absolute Gasteiger partial charge is 0.492 e. The Bertz CT molecular complexity index is 396. The van der Waals surface area contributed by atoms with Crippen molar-refractivity contribution in [2.24, 2.45) is 0 Å². The first kappa shape index (κ1) is 15.0. The molecule has 0 saturated heterocycles. The van der Waals surface area contributed by atoms with Gasteiger partial charge in [-0.15, -0.1) is 0 Å². The van der Waals surface area contributed by atoms with Crippen LogP contribution in [0.5, 0.6) is 5.75 Å². The molecule has 1 rings (SSSR count). The summed E-state index contributed by atoms with van der Waals surface area (Å²) in [7, 11) is 0. The number of hydrogen-bond acceptors (Lipinski definition) is 2. The summed E-state index contributed by atoms with van der Waals surface area (Å²) in [4.78, 5) is 0. The molecule has 0 bridgehead atoms. The normalized spacial score (nSPS) is 11.7. The monoisotopic (exact) mass is 249 g/mol. The molecule has 0 amide bonds. The molecule has 0 spiro atoms. The van der Waals surface area contributed by atoms with E-state index in [4.69, 9.17) is 4.74 Å². The first-order valence-corrected chi connectivity index (χ1v) is 6.81. The zero-order valence-corrected chi connectivity index (χ0v) is 12.7. The van der Waals surface area contributed by atoms with Crippen LogP contribution in [0.2, 0.25) is 0 Å². The zero-order chi connectivity index (χ0) is 13.8. The highest BCUT2D eigenvalue weighted by atomic mass is 16.5. The lowest BCUT2D eigenvalue weighted by atomic mass is 10.0. The fourth-order valence-electron chi connectivity index (χ4n) is 1.83. The quantitative estimate of drug-likeness (QED) is 0.775. The highest BCUT2D eigenvalue weighted by Crippen LogP contribution is 2.23. The van der Waals surface area contributed by atoms with Crippen LogP contribution in [0, 0.1) is 20.8 Å². The molecule has 0 fully saturated rings. The number of ether oxygens (including phenoxy) is 1. The van der Waals surface area contributed by atoms with E-state index in [9.17, 15) is 0 Å². The molecule has 0 heterocycles. The highest BCUT2D eigenvalue weighted by molar-refractivity contribution is 5.41. The summed E-state index contributed by atoms with van der Waals surface area (Å²) in [6.45, 7) is 14.6. The standard InChI is InChI=1S/C16H27NO/c1-7-16(5,6)17-8-9-18-15-11-12(2)10-13(3)14(15)4/h10-11,17H,7-9H2,1-6H3. The maximum atomic E-state index is 5.88. The predicted molar refractivity (Wildman–Crippen MR) is 78.5 cm³/mol. The Labute approximate surface area is 112 Å². The van der Waals surface area contributed by atoms with Crippen LogP contribution in [0.4, 0.5) is 0 Å². The molecule has 0 aliphatic carbocycles. The summed E-state index contributed by atoms with van der Waals surface area (Å²) in [6, 6.07) is 4.31. The molecule has 0 aliphatic rings. The van der Waals surface area contributed by atoms with Crippen molar-refractivity contribution in [2.45, 2.75) is 53.5 Å². The third-order valence-electron chi connectivity index (χ3n) is 3.61. The number of benzene rings is 1. The zero-order valence-electron chi connectivity index (χ0n) is 12.7. The Morgan fingerprint density at radius 1 is 1.17 bits per heavy atom. The SMILES string of the molecule is CCC(C)(C)NCCOc1cc(C)cc(C)c1C. The second-order valence-corrected chi connectivity index (χ2v) is 5.72. The topological polar surface area (TPSA) is 21.3 Å². The van der Waals surface area contributed by atoms with Crippen LogP contribution < -0.4 is 10.1 Å². The average molecular weight is 249 g/mol. The van der Waals surface area contributed by atoms with Crippen molar-refractivity contribution in [1.82, 2.24) is 5.32 Å². The van der Waals surface area contributed by atoms with E-state index in [0.717, 1.165) is 18.7 Å². The Balaban J connectivity index is 2.50. The molecular weight excluding hydrogens is 222 g/mol. The van der Waals surface area contributed by atoms with Crippen LogP contribution in [0.15, 0.2) is 12.1 Å². The fraction of sp³-hybridized carbons (Fsp3) is 0.625. The van der Waals surface area contributed by atoms with E-state index in [1.165, 1.54) is 16.7 Å². The third kappa shape index (κ3) is 4.34. The molecule has 1 aromatic carbocycles. The molecule has 1 N–H and O–H groups in total. The van der Waals surface area contributed by atoms with Crippen molar-refractivity contribution in [3.63, 3.8) is 0 Å². The molecule has 2 nitrogen and oxygen atoms in total. The van der Waals surface area contributed by atoms with Crippen LogP contribution in [0.25, 0.3) is 0 Å². The highest BCUT2D eigenvalue weighted by Gasteiger charge is 2.13. The average Bonchev–Trinajstić information content (AvgIpc) is 2.30. The minimum absolute atomic E-state index is 0.195. The number of rotatable bonds is 6. The molecule has 18 heavy (non-hydrogen) atoms. The van der Waals surface area contributed by atoms with E-state index in [0.29, 0.717) is 6.61 Å². The molecule has 0 saturated carbocycles. The van der Waals surface area contributed by atoms with Crippen molar-refractivity contribution in [2.75, 3.05) is 13.2 Å². The first-order valence-electron chi connectivity index (χ1n) is 6.81. The van der Waals surface area contributed by atoms with Crippen LogP contribution >= 0.6 is 0 Å². The molecule has 1 aromatic rings. The summed E-state index contributed by atoms with van der Waals surface area (Å²) >= 11 is 0. The van der Waals surface area contributed by atoms with Crippen LogP contribution in [-0.4, -0.2) is 18.7 Å². The van der Waals surface area contributed by atoms with E-state index in [2.05, 4.69) is 59.0 Å². The van der Waals surface area contributed by atoms with E-state index in [1.54, 1.807) is 0 Å². The van der Waals surface area contributed by atoms with Crippen molar-refractivity contribution in [3.8, 4) is 5.75 Å². The molecule has 0 radical (unpaired) electrons. The molecule has 2 heteroatoms. The lowest BCUT2D eigenvalue weighted by Gasteiger charge is -2.24. The Hall–Kier alpha value is -1.02. The van der Waals surface area contributed by atoms with Gasteiger partial charge >= 0.3 is 0 Å². The lowest BCUT2D eigenvalue weighted by Crippen LogP contribution is -2.40. The Morgan fingerprint density at radius 3 is 2.44 bits per heavy atom. The summed E-state index contributed by atoms with van der Waals surface area (Å²) in [6.07, 6.45) is 1.12. The van der Waals surface area contributed by atoms with Gasteiger partial charge in [0.2, 0.25) is 0 Å². The van der Waals surface area contributed by atoms with Crippen LogP contribution in [-0.2, 0) is 0 Å². The van der Waals surface area contributed by atoms with Crippen molar-refractivity contribution >= 4 is 0 Å². The number of hydrogen-bond donors (Lipinski definition) is 1.